The molecule has 0 saturated heterocycles. The van der Waals surface area contributed by atoms with Crippen LogP contribution in [0.1, 0.15) is 11.1 Å². The summed E-state index contributed by atoms with van der Waals surface area (Å²) in [7, 11) is 0. The Morgan fingerprint density at radius 1 is 0.519 bits per heavy atom. The molecule has 7 heteroatoms. The molecule has 0 fully saturated rings. The van der Waals surface area contributed by atoms with Crippen LogP contribution in [0.4, 0.5) is 26.3 Å². The van der Waals surface area contributed by atoms with Crippen LogP contribution < -0.4 is 0 Å². The molecule has 0 aliphatic rings. The predicted octanol–water partition coefficient (Wildman–Crippen LogP) is 7.71. The zero-order valence-corrected chi connectivity index (χ0v) is 14.3. The molecule has 0 atom stereocenters. The van der Waals surface area contributed by atoms with Gasteiger partial charge in [-0.05, 0) is 47.0 Å². The Hall–Kier alpha value is -2.47. The number of rotatable bonds is 2. The lowest BCUT2D eigenvalue weighted by molar-refractivity contribution is -0.138. The molecule has 0 unspecified atom stereocenters. The number of benzene rings is 3. The summed E-state index contributed by atoms with van der Waals surface area (Å²) in [5.74, 6) is 0. The van der Waals surface area contributed by atoms with E-state index in [-0.39, 0.29) is 5.02 Å². The zero-order chi connectivity index (χ0) is 19.8. The second-order valence-corrected chi connectivity index (χ2v) is 6.25. The first-order valence-electron chi connectivity index (χ1n) is 7.70. The van der Waals surface area contributed by atoms with Crippen LogP contribution in [-0.4, -0.2) is 0 Å². The van der Waals surface area contributed by atoms with Gasteiger partial charge >= 0.3 is 12.4 Å². The van der Waals surface area contributed by atoms with E-state index in [1.165, 1.54) is 24.3 Å². The molecule has 0 heterocycles. The Balaban J connectivity index is 1.90. The maximum atomic E-state index is 12.6. The summed E-state index contributed by atoms with van der Waals surface area (Å²) in [6, 6.07) is 14.1. The third-order valence-electron chi connectivity index (χ3n) is 4.04. The molecule has 0 radical (unpaired) electrons. The topological polar surface area (TPSA) is 0 Å². The zero-order valence-electron chi connectivity index (χ0n) is 13.5. The van der Waals surface area contributed by atoms with Gasteiger partial charge in [0, 0.05) is 10.6 Å². The van der Waals surface area contributed by atoms with Crippen LogP contribution in [-0.2, 0) is 12.4 Å². The fraction of sp³-hybridized carbons (Fsp3) is 0.100. The van der Waals surface area contributed by atoms with Crippen molar-refractivity contribution in [1.29, 1.82) is 0 Å². The van der Waals surface area contributed by atoms with E-state index in [0.717, 1.165) is 24.3 Å². The van der Waals surface area contributed by atoms with Gasteiger partial charge in [-0.15, -0.1) is 0 Å². The second kappa shape index (κ2) is 6.93. The van der Waals surface area contributed by atoms with E-state index in [9.17, 15) is 26.3 Å². The number of hydrogen-bond donors (Lipinski definition) is 0. The summed E-state index contributed by atoms with van der Waals surface area (Å²) in [6.45, 7) is 0. The van der Waals surface area contributed by atoms with Gasteiger partial charge in [-0.25, -0.2) is 0 Å². The minimum atomic E-state index is -4.42. The highest BCUT2D eigenvalue weighted by Gasteiger charge is 2.30. The maximum absolute atomic E-state index is 12.6. The van der Waals surface area contributed by atoms with Gasteiger partial charge in [0.05, 0.1) is 11.1 Å². The van der Waals surface area contributed by atoms with Crippen LogP contribution in [0.25, 0.3) is 22.3 Å². The summed E-state index contributed by atoms with van der Waals surface area (Å²) in [5.41, 5.74) is 0.670. The maximum Gasteiger partial charge on any atom is 0.416 e. The summed E-state index contributed by atoms with van der Waals surface area (Å²) in [6.07, 6.45) is -8.84. The van der Waals surface area contributed by atoms with E-state index in [1.54, 1.807) is 18.2 Å². The summed E-state index contributed by atoms with van der Waals surface area (Å²) in [5, 5.41) is 0.284. The smallest absolute Gasteiger partial charge is 0.166 e. The lowest BCUT2D eigenvalue weighted by Gasteiger charge is -2.11. The van der Waals surface area contributed by atoms with Crippen molar-refractivity contribution in [2.75, 3.05) is 0 Å². The average molecular weight is 401 g/mol. The van der Waals surface area contributed by atoms with E-state index in [2.05, 4.69) is 0 Å². The summed E-state index contributed by atoms with van der Waals surface area (Å²) in [4.78, 5) is 0. The van der Waals surface area contributed by atoms with Crippen LogP contribution in [0.2, 0.25) is 5.02 Å². The predicted molar refractivity (Wildman–Crippen MR) is 92.3 cm³/mol. The van der Waals surface area contributed by atoms with Crippen molar-refractivity contribution in [1.82, 2.24) is 0 Å². The molecule has 0 aliphatic heterocycles. The third-order valence-corrected chi connectivity index (χ3v) is 4.35. The van der Waals surface area contributed by atoms with E-state index in [1.807, 2.05) is 0 Å². The highest BCUT2D eigenvalue weighted by molar-refractivity contribution is 6.33. The van der Waals surface area contributed by atoms with Crippen LogP contribution >= 0.6 is 11.6 Å². The first-order chi connectivity index (χ1) is 12.6. The first kappa shape index (κ1) is 19.3. The lowest BCUT2D eigenvalue weighted by atomic mass is 9.98. The van der Waals surface area contributed by atoms with Gasteiger partial charge in [-0.1, -0.05) is 48.0 Å². The van der Waals surface area contributed by atoms with Crippen molar-refractivity contribution in [2.24, 2.45) is 0 Å². The quantitative estimate of drug-likeness (QED) is 0.386. The molecule has 0 spiro atoms. The fourth-order valence-electron chi connectivity index (χ4n) is 2.62. The van der Waals surface area contributed by atoms with Crippen LogP contribution in [0.3, 0.4) is 0 Å². The highest BCUT2D eigenvalue weighted by atomic mass is 35.5. The van der Waals surface area contributed by atoms with Gasteiger partial charge in [0.15, 0.2) is 0 Å². The Bertz CT molecular complexity index is 938. The molecule has 27 heavy (non-hydrogen) atoms. The summed E-state index contributed by atoms with van der Waals surface area (Å²) < 4.78 is 75.9. The van der Waals surface area contributed by atoms with E-state index >= 15 is 0 Å². The van der Waals surface area contributed by atoms with Crippen molar-refractivity contribution in [3.63, 3.8) is 0 Å². The largest absolute Gasteiger partial charge is 0.416 e. The van der Waals surface area contributed by atoms with Crippen molar-refractivity contribution < 1.29 is 26.3 Å². The molecule has 0 saturated carbocycles. The molecule has 0 N–H and O–H groups in total. The van der Waals surface area contributed by atoms with Crippen molar-refractivity contribution in [3.8, 4) is 22.3 Å². The third kappa shape index (κ3) is 4.27. The standard InChI is InChI=1S/C20H11ClF6/c21-18-11-14(12-1-6-15(7-2-12)19(22,23)24)5-10-17(18)13-3-8-16(9-4-13)20(25,26)27/h1-11H. The minimum Gasteiger partial charge on any atom is -0.166 e. The molecule has 140 valence electrons. The van der Waals surface area contributed by atoms with Crippen LogP contribution in [0.5, 0.6) is 0 Å². The monoisotopic (exact) mass is 400 g/mol. The Morgan fingerprint density at radius 3 is 1.33 bits per heavy atom. The highest BCUT2D eigenvalue weighted by Crippen LogP contribution is 2.36. The Morgan fingerprint density at radius 2 is 0.926 bits per heavy atom. The number of alkyl halides is 6. The Labute approximate surface area is 156 Å². The van der Waals surface area contributed by atoms with Gasteiger partial charge in [0.25, 0.3) is 0 Å². The molecular weight excluding hydrogens is 390 g/mol. The van der Waals surface area contributed by atoms with Gasteiger partial charge in [0.2, 0.25) is 0 Å². The Kier molecular flexibility index (Phi) is 4.95. The van der Waals surface area contributed by atoms with Crippen LogP contribution in [0.15, 0.2) is 66.7 Å². The molecule has 0 amide bonds. The fourth-order valence-corrected chi connectivity index (χ4v) is 2.91. The van der Waals surface area contributed by atoms with E-state index in [4.69, 9.17) is 11.6 Å². The minimum absolute atomic E-state index is 0.284. The van der Waals surface area contributed by atoms with Gasteiger partial charge in [-0.2, -0.15) is 26.3 Å². The summed E-state index contributed by atoms with van der Waals surface area (Å²) >= 11 is 6.25. The average Bonchev–Trinajstić information content (AvgIpc) is 2.60. The normalized spacial score (nSPS) is 12.3. The number of halogens is 7. The molecule has 0 aromatic heterocycles. The van der Waals surface area contributed by atoms with Crippen molar-refractivity contribution >= 4 is 11.6 Å². The van der Waals surface area contributed by atoms with Crippen molar-refractivity contribution in [2.45, 2.75) is 12.4 Å². The molecule has 0 bridgehead atoms. The molecule has 3 aromatic rings. The van der Waals surface area contributed by atoms with E-state index < -0.39 is 23.5 Å². The molecule has 3 rings (SSSR count). The first-order valence-corrected chi connectivity index (χ1v) is 8.08. The number of hydrogen-bond acceptors (Lipinski definition) is 0. The van der Waals surface area contributed by atoms with E-state index in [0.29, 0.717) is 22.3 Å². The van der Waals surface area contributed by atoms with Gasteiger partial charge < -0.3 is 0 Å². The molecular formula is C20H11ClF6. The second-order valence-electron chi connectivity index (χ2n) is 5.84. The van der Waals surface area contributed by atoms with Gasteiger partial charge in [0.1, 0.15) is 0 Å². The lowest BCUT2D eigenvalue weighted by Crippen LogP contribution is -2.04. The molecule has 0 nitrogen and oxygen atoms in total. The molecule has 0 aliphatic carbocycles. The van der Waals surface area contributed by atoms with Crippen LogP contribution in [0, 0.1) is 0 Å². The SMILES string of the molecule is FC(F)(F)c1ccc(-c2ccc(-c3ccc(C(F)(F)F)cc3)c(Cl)c2)cc1. The molecule has 3 aromatic carbocycles. The van der Waals surface area contributed by atoms with Crippen molar-refractivity contribution in [3.05, 3.63) is 82.9 Å². The van der Waals surface area contributed by atoms with Gasteiger partial charge in [-0.3, -0.25) is 0 Å².